The normalized spacial score (nSPS) is 10.3. The molecule has 82 valence electrons. The number of rotatable bonds is 2. The van der Waals surface area contributed by atoms with Gasteiger partial charge in [-0.25, -0.2) is 4.98 Å². The molecule has 0 aliphatic heterocycles. The van der Waals surface area contributed by atoms with Crippen LogP contribution in [-0.2, 0) is 6.54 Å². The summed E-state index contributed by atoms with van der Waals surface area (Å²) in [6.07, 6.45) is 1.72. The Bertz CT molecular complexity index is 565. The van der Waals surface area contributed by atoms with Crippen molar-refractivity contribution in [3.8, 4) is 0 Å². The van der Waals surface area contributed by atoms with Crippen LogP contribution in [0.4, 0.5) is 5.82 Å². The molecule has 4 nitrogen and oxygen atoms in total. The fourth-order valence-electron chi connectivity index (χ4n) is 1.39. The highest BCUT2D eigenvalue weighted by Crippen LogP contribution is 2.04. The van der Waals surface area contributed by atoms with Crippen LogP contribution >= 0.6 is 15.9 Å². The van der Waals surface area contributed by atoms with E-state index >= 15 is 0 Å². The second-order valence-corrected chi connectivity index (χ2v) is 4.20. The first-order valence-corrected chi connectivity index (χ1v) is 5.52. The molecular formula is C11H10BrN3O. The van der Waals surface area contributed by atoms with E-state index in [1.165, 1.54) is 0 Å². The van der Waals surface area contributed by atoms with E-state index in [9.17, 15) is 4.79 Å². The molecule has 0 saturated heterocycles. The van der Waals surface area contributed by atoms with Crippen molar-refractivity contribution < 1.29 is 0 Å². The summed E-state index contributed by atoms with van der Waals surface area (Å²) in [4.78, 5) is 15.9. The monoisotopic (exact) mass is 279 g/mol. The van der Waals surface area contributed by atoms with Crippen LogP contribution in [0.3, 0.4) is 0 Å². The van der Waals surface area contributed by atoms with Crippen LogP contribution in [0.25, 0.3) is 0 Å². The lowest BCUT2D eigenvalue weighted by molar-refractivity contribution is 0.737. The van der Waals surface area contributed by atoms with Crippen LogP contribution in [0.5, 0.6) is 0 Å². The number of aromatic nitrogens is 2. The molecule has 2 N–H and O–H groups in total. The molecule has 0 unspecified atom stereocenters. The topological polar surface area (TPSA) is 60.9 Å². The molecule has 0 bridgehead atoms. The molecule has 0 aromatic carbocycles. The van der Waals surface area contributed by atoms with Crippen molar-refractivity contribution >= 4 is 21.7 Å². The maximum Gasteiger partial charge on any atom is 0.265 e. The Labute approximate surface area is 101 Å². The summed E-state index contributed by atoms with van der Waals surface area (Å²) in [5.41, 5.74) is 6.26. The van der Waals surface area contributed by atoms with E-state index < -0.39 is 0 Å². The van der Waals surface area contributed by atoms with Crippen molar-refractivity contribution in [2.24, 2.45) is 0 Å². The molecule has 5 heteroatoms. The van der Waals surface area contributed by atoms with Gasteiger partial charge < -0.3 is 10.3 Å². The van der Waals surface area contributed by atoms with Crippen LogP contribution in [0, 0.1) is 0 Å². The van der Waals surface area contributed by atoms with Gasteiger partial charge in [-0.15, -0.1) is 0 Å². The molecular weight excluding hydrogens is 270 g/mol. The van der Waals surface area contributed by atoms with Crippen LogP contribution in [-0.4, -0.2) is 9.55 Å². The van der Waals surface area contributed by atoms with E-state index in [0.29, 0.717) is 16.8 Å². The van der Waals surface area contributed by atoms with Gasteiger partial charge in [-0.1, -0.05) is 6.07 Å². The zero-order valence-corrected chi connectivity index (χ0v) is 10.0. The predicted molar refractivity (Wildman–Crippen MR) is 66.2 cm³/mol. The minimum Gasteiger partial charge on any atom is -0.384 e. The van der Waals surface area contributed by atoms with E-state index in [-0.39, 0.29) is 5.56 Å². The molecule has 0 spiro atoms. The molecule has 2 aromatic heterocycles. The van der Waals surface area contributed by atoms with Crippen LogP contribution in [0.15, 0.2) is 45.8 Å². The average Bonchev–Trinajstić information content (AvgIpc) is 2.25. The Kier molecular flexibility index (Phi) is 3.05. The first kappa shape index (κ1) is 10.9. The molecule has 0 amide bonds. The van der Waals surface area contributed by atoms with Gasteiger partial charge in [0.05, 0.1) is 16.7 Å². The standard InChI is InChI=1S/C11H10BrN3O/c12-9-4-2-6-15(11(9)16)7-8-3-1-5-10(13)14-8/h1-6H,7H2,(H2,13,14). The van der Waals surface area contributed by atoms with Crippen molar-refractivity contribution in [3.05, 3.63) is 57.0 Å². The SMILES string of the molecule is Nc1cccc(Cn2cccc(Br)c2=O)n1. The highest BCUT2D eigenvalue weighted by atomic mass is 79.9. The Morgan fingerprint density at radius 1 is 1.31 bits per heavy atom. The van der Waals surface area contributed by atoms with Gasteiger partial charge in [-0.2, -0.15) is 0 Å². The van der Waals surface area contributed by atoms with Gasteiger partial charge in [0.25, 0.3) is 5.56 Å². The van der Waals surface area contributed by atoms with Crippen LogP contribution < -0.4 is 11.3 Å². The van der Waals surface area contributed by atoms with Gasteiger partial charge in [-0.3, -0.25) is 4.79 Å². The molecule has 0 aliphatic rings. The van der Waals surface area contributed by atoms with Crippen molar-refractivity contribution in [1.82, 2.24) is 9.55 Å². The number of nitrogen functional groups attached to an aromatic ring is 1. The number of nitrogens with two attached hydrogens (primary N) is 1. The third-order valence-corrected chi connectivity index (χ3v) is 2.74. The van der Waals surface area contributed by atoms with Crippen molar-refractivity contribution in [3.63, 3.8) is 0 Å². The predicted octanol–water partition coefficient (Wildman–Crippen LogP) is 1.64. The fraction of sp³-hybridized carbons (Fsp3) is 0.0909. The van der Waals surface area contributed by atoms with Crippen molar-refractivity contribution in [2.45, 2.75) is 6.54 Å². The lowest BCUT2D eigenvalue weighted by atomic mass is 10.3. The second kappa shape index (κ2) is 4.49. The zero-order chi connectivity index (χ0) is 11.5. The maximum absolute atomic E-state index is 11.7. The van der Waals surface area contributed by atoms with Gasteiger partial charge >= 0.3 is 0 Å². The molecule has 0 aliphatic carbocycles. The maximum atomic E-state index is 11.7. The molecule has 2 aromatic rings. The van der Waals surface area contributed by atoms with Crippen molar-refractivity contribution in [2.75, 3.05) is 5.73 Å². The Hall–Kier alpha value is -1.62. The highest BCUT2D eigenvalue weighted by Gasteiger charge is 2.01. The Morgan fingerprint density at radius 2 is 2.12 bits per heavy atom. The van der Waals surface area contributed by atoms with Gasteiger partial charge in [0.15, 0.2) is 0 Å². The van der Waals surface area contributed by atoms with E-state index in [2.05, 4.69) is 20.9 Å². The van der Waals surface area contributed by atoms with E-state index in [1.54, 1.807) is 29.0 Å². The lowest BCUT2D eigenvalue weighted by Gasteiger charge is -2.05. The van der Waals surface area contributed by atoms with Crippen LogP contribution in [0.2, 0.25) is 0 Å². The Morgan fingerprint density at radius 3 is 2.88 bits per heavy atom. The molecule has 0 fully saturated rings. The van der Waals surface area contributed by atoms with E-state index in [4.69, 9.17) is 5.73 Å². The highest BCUT2D eigenvalue weighted by molar-refractivity contribution is 9.10. The number of hydrogen-bond acceptors (Lipinski definition) is 3. The summed E-state index contributed by atoms with van der Waals surface area (Å²) in [7, 11) is 0. The second-order valence-electron chi connectivity index (χ2n) is 3.34. The molecule has 0 atom stereocenters. The summed E-state index contributed by atoms with van der Waals surface area (Å²) < 4.78 is 2.12. The summed E-state index contributed by atoms with van der Waals surface area (Å²) in [6.45, 7) is 0.420. The summed E-state index contributed by atoms with van der Waals surface area (Å²) in [6, 6.07) is 8.89. The summed E-state index contributed by atoms with van der Waals surface area (Å²) in [5.74, 6) is 0.459. The van der Waals surface area contributed by atoms with Gasteiger partial charge in [0.2, 0.25) is 0 Å². The number of halogens is 1. The van der Waals surface area contributed by atoms with Crippen molar-refractivity contribution in [1.29, 1.82) is 0 Å². The molecule has 2 rings (SSSR count). The average molecular weight is 280 g/mol. The minimum absolute atomic E-state index is 0.0771. The first-order chi connectivity index (χ1) is 7.66. The number of pyridine rings is 2. The van der Waals surface area contributed by atoms with E-state index in [1.807, 2.05) is 12.1 Å². The summed E-state index contributed by atoms with van der Waals surface area (Å²) >= 11 is 3.20. The number of nitrogens with zero attached hydrogens (tertiary/aromatic N) is 2. The summed E-state index contributed by atoms with van der Waals surface area (Å²) in [5, 5.41) is 0. The Balaban J connectivity index is 2.34. The molecule has 16 heavy (non-hydrogen) atoms. The molecule has 0 saturated carbocycles. The lowest BCUT2D eigenvalue weighted by Crippen LogP contribution is -2.20. The van der Waals surface area contributed by atoms with Gasteiger partial charge in [0.1, 0.15) is 5.82 Å². The van der Waals surface area contributed by atoms with Crippen LogP contribution in [0.1, 0.15) is 5.69 Å². The fourth-order valence-corrected chi connectivity index (χ4v) is 1.77. The van der Waals surface area contributed by atoms with Gasteiger partial charge in [-0.05, 0) is 40.2 Å². The number of hydrogen-bond donors (Lipinski definition) is 1. The third-order valence-electron chi connectivity index (χ3n) is 2.13. The van der Waals surface area contributed by atoms with E-state index in [0.717, 1.165) is 5.69 Å². The number of anilines is 1. The molecule has 0 radical (unpaired) electrons. The third kappa shape index (κ3) is 2.30. The molecule has 2 heterocycles. The first-order valence-electron chi connectivity index (χ1n) is 4.73. The minimum atomic E-state index is -0.0771. The quantitative estimate of drug-likeness (QED) is 0.909. The van der Waals surface area contributed by atoms with Gasteiger partial charge in [0, 0.05) is 6.20 Å². The largest absolute Gasteiger partial charge is 0.384 e. The zero-order valence-electron chi connectivity index (χ0n) is 8.43. The smallest absolute Gasteiger partial charge is 0.265 e.